The Morgan fingerprint density at radius 2 is 1.74 bits per heavy atom. The Morgan fingerprint density at radius 1 is 1.09 bits per heavy atom. The Balaban J connectivity index is 2.30. The fraction of sp³-hybridized carbons (Fsp3) is 0.625. The first-order valence-electron chi connectivity index (χ1n) is 7.80. The van der Waals surface area contributed by atoms with Crippen LogP contribution >= 0.6 is 11.8 Å². The predicted molar refractivity (Wildman–Crippen MR) is 90.7 cm³/mol. The zero-order valence-corrected chi connectivity index (χ0v) is 14.8. The van der Waals surface area contributed by atoms with E-state index in [4.69, 9.17) is 5.11 Å². The van der Waals surface area contributed by atoms with Crippen molar-refractivity contribution in [3.05, 3.63) is 17.0 Å². The van der Waals surface area contributed by atoms with Crippen molar-refractivity contribution in [2.75, 3.05) is 12.8 Å². The molecule has 0 aliphatic heterocycles. The standard InChI is InChI=1S/C16H25N3O3S/c1-11-13(12(2)19-16(18-11)23-3)8-9-14(20)17-10-6-4-5-7-15(21)22/h4-10H2,1-3H3,(H,17,20)(H,21,22). The van der Waals surface area contributed by atoms with Gasteiger partial charge in [0.1, 0.15) is 0 Å². The smallest absolute Gasteiger partial charge is 0.303 e. The minimum Gasteiger partial charge on any atom is -0.481 e. The highest BCUT2D eigenvalue weighted by molar-refractivity contribution is 7.98. The summed E-state index contributed by atoms with van der Waals surface area (Å²) in [5, 5.41) is 12.2. The Labute approximate surface area is 141 Å². The molecule has 1 amide bonds. The van der Waals surface area contributed by atoms with Gasteiger partial charge in [-0.1, -0.05) is 18.2 Å². The number of carbonyl (C=O) groups excluding carboxylic acids is 1. The molecule has 0 spiro atoms. The summed E-state index contributed by atoms with van der Waals surface area (Å²) in [6.07, 6.45) is 5.46. The first-order chi connectivity index (χ1) is 10.9. The highest BCUT2D eigenvalue weighted by atomic mass is 32.2. The number of aliphatic carboxylic acids is 1. The van der Waals surface area contributed by atoms with Gasteiger partial charge in [-0.15, -0.1) is 0 Å². The maximum absolute atomic E-state index is 11.9. The quantitative estimate of drug-likeness (QED) is 0.386. The number of carboxylic acids is 1. The lowest BCUT2D eigenvalue weighted by molar-refractivity contribution is -0.137. The molecule has 1 aromatic heterocycles. The van der Waals surface area contributed by atoms with E-state index in [1.807, 2.05) is 20.1 Å². The molecule has 0 bridgehead atoms. The van der Waals surface area contributed by atoms with Crippen LogP contribution in [0.4, 0.5) is 0 Å². The number of carboxylic acid groups (broad SMARTS) is 1. The summed E-state index contributed by atoms with van der Waals surface area (Å²) in [6, 6.07) is 0. The van der Waals surface area contributed by atoms with Crippen molar-refractivity contribution in [2.45, 2.75) is 57.5 Å². The number of aryl methyl sites for hydroxylation is 2. The molecule has 2 N–H and O–H groups in total. The zero-order valence-electron chi connectivity index (χ0n) is 14.0. The van der Waals surface area contributed by atoms with Crippen LogP contribution in [0.25, 0.3) is 0 Å². The number of carbonyl (C=O) groups is 2. The average molecular weight is 339 g/mol. The molecule has 0 fully saturated rings. The first kappa shape index (κ1) is 19.4. The van der Waals surface area contributed by atoms with Gasteiger partial charge in [0.2, 0.25) is 5.91 Å². The monoisotopic (exact) mass is 339 g/mol. The Kier molecular flexibility index (Phi) is 8.61. The number of hydrogen-bond acceptors (Lipinski definition) is 5. The van der Waals surface area contributed by atoms with Crippen molar-refractivity contribution < 1.29 is 14.7 Å². The molecule has 1 aromatic rings. The van der Waals surface area contributed by atoms with Gasteiger partial charge in [0.25, 0.3) is 0 Å². The molecule has 128 valence electrons. The fourth-order valence-electron chi connectivity index (χ4n) is 2.29. The van der Waals surface area contributed by atoms with E-state index < -0.39 is 5.97 Å². The molecule has 1 heterocycles. The van der Waals surface area contributed by atoms with Crippen molar-refractivity contribution in [3.8, 4) is 0 Å². The van der Waals surface area contributed by atoms with Gasteiger partial charge in [0.15, 0.2) is 5.16 Å². The van der Waals surface area contributed by atoms with Crippen LogP contribution in [0.2, 0.25) is 0 Å². The number of hydrogen-bond donors (Lipinski definition) is 2. The molecule has 0 radical (unpaired) electrons. The normalized spacial score (nSPS) is 10.6. The summed E-state index contributed by atoms with van der Waals surface area (Å²) in [4.78, 5) is 31.1. The third-order valence-electron chi connectivity index (χ3n) is 3.57. The van der Waals surface area contributed by atoms with Crippen LogP contribution in [-0.2, 0) is 16.0 Å². The lowest BCUT2D eigenvalue weighted by atomic mass is 10.1. The molecule has 7 heteroatoms. The van der Waals surface area contributed by atoms with E-state index in [0.29, 0.717) is 25.8 Å². The molecule has 1 rings (SSSR count). The van der Waals surface area contributed by atoms with Crippen LogP contribution in [0, 0.1) is 13.8 Å². The van der Waals surface area contributed by atoms with E-state index in [0.717, 1.165) is 34.9 Å². The molecular weight excluding hydrogens is 314 g/mol. The number of nitrogens with one attached hydrogen (secondary N) is 1. The van der Waals surface area contributed by atoms with Gasteiger partial charge in [-0.3, -0.25) is 9.59 Å². The second-order valence-corrected chi connectivity index (χ2v) is 6.19. The van der Waals surface area contributed by atoms with Crippen molar-refractivity contribution in [3.63, 3.8) is 0 Å². The minimum absolute atomic E-state index is 0.0102. The molecule has 0 unspecified atom stereocenters. The summed E-state index contributed by atoms with van der Waals surface area (Å²) in [6.45, 7) is 4.49. The largest absolute Gasteiger partial charge is 0.481 e. The molecule has 0 saturated heterocycles. The summed E-state index contributed by atoms with van der Waals surface area (Å²) in [5.74, 6) is -0.759. The zero-order chi connectivity index (χ0) is 17.2. The predicted octanol–water partition coefficient (Wildman–Crippen LogP) is 2.51. The number of amides is 1. The Bertz CT molecular complexity index is 526. The number of rotatable bonds is 10. The molecule has 0 aliphatic carbocycles. The number of nitrogens with zero attached hydrogens (tertiary/aromatic N) is 2. The minimum atomic E-state index is -0.769. The van der Waals surface area contributed by atoms with Crippen LogP contribution in [0.3, 0.4) is 0 Å². The maximum Gasteiger partial charge on any atom is 0.303 e. The van der Waals surface area contributed by atoms with Gasteiger partial charge < -0.3 is 10.4 Å². The summed E-state index contributed by atoms with van der Waals surface area (Å²) in [7, 11) is 0. The topological polar surface area (TPSA) is 92.2 Å². The van der Waals surface area contributed by atoms with E-state index >= 15 is 0 Å². The Hall–Kier alpha value is -1.63. The highest BCUT2D eigenvalue weighted by Gasteiger charge is 2.10. The molecule has 23 heavy (non-hydrogen) atoms. The molecular formula is C16H25N3O3S. The number of thioether (sulfide) groups is 1. The molecule has 6 nitrogen and oxygen atoms in total. The van der Waals surface area contributed by atoms with E-state index in [1.165, 1.54) is 11.8 Å². The number of aromatic nitrogens is 2. The van der Waals surface area contributed by atoms with E-state index in [2.05, 4.69) is 15.3 Å². The van der Waals surface area contributed by atoms with Crippen molar-refractivity contribution in [2.24, 2.45) is 0 Å². The summed E-state index contributed by atoms with van der Waals surface area (Å²) < 4.78 is 0. The SMILES string of the molecule is CSc1nc(C)c(CCC(=O)NCCCCCC(=O)O)c(C)n1. The van der Waals surface area contributed by atoms with Crippen LogP contribution < -0.4 is 5.32 Å². The third kappa shape index (κ3) is 7.45. The summed E-state index contributed by atoms with van der Waals surface area (Å²) >= 11 is 1.51. The van der Waals surface area contributed by atoms with Crippen LogP contribution in [-0.4, -0.2) is 39.8 Å². The fourth-order valence-corrected chi connectivity index (χ4v) is 2.75. The lowest BCUT2D eigenvalue weighted by Crippen LogP contribution is -2.25. The van der Waals surface area contributed by atoms with Gasteiger partial charge in [-0.25, -0.2) is 9.97 Å². The van der Waals surface area contributed by atoms with Crippen molar-refractivity contribution >= 4 is 23.6 Å². The van der Waals surface area contributed by atoms with Gasteiger partial charge in [0.05, 0.1) is 0 Å². The lowest BCUT2D eigenvalue weighted by Gasteiger charge is -2.10. The maximum atomic E-state index is 11.9. The summed E-state index contributed by atoms with van der Waals surface area (Å²) in [5.41, 5.74) is 2.91. The molecule has 0 saturated carbocycles. The van der Waals surface area contributed by atoms with Crippen LogP contribution in [0.1, 0.15) is 49.1 Å². The van der Waals surface area contributed by atoms with Crippen LogP contribution in [0.15, 0.2) is 5.16 Å². The van der Waals surface area contributed by atoms with Gasteiger partial charge in [-0.05, 0) is 44.9 Å². The van der Waals surface area contributed by atoms with E-state index in [9.17, 15) is 9.59 Å². The van der Waals surface area contributed by atoms with E-state index in [-0.39, 0.29) is 12.3 Å². The highest BCUT2D eigenvalue weighted by Crippen LogP contribution is 2.17. The third-order valence-corrected chi connectivity index (χ3v) is 4.12. The van der Waals surface area contributed by atoms with Gasteiger partial charge >= 0.3 is 5.97 Å². The van der Waals surface area contributed by atoms with Crippen LogP contribution in [0.5, 0.6) is 0 Å². The van der Waals surface area contributed by atoms with Gasteiger partial charge in [0, 0.05) is 30.8 Å². The van der Waals surface area contributed by atoms with Gasteiger partial charge in [-0.2, -0.15) is 0 Å². The molecule has 0 aromatic carbocycles. The average Bonchev–Trinajstić information content (AvgIpc) is 2.49. The van der Waals surface area contributed by atoms with E-state index in [1.54, 1.807) is 0 Å². The second-order valence-electron chi connectivity index (χ2n) is 5.41. The molecule has 0 atom stereocenters. The van der Waals surface area contributed by atoms with Crippen molar-refractivity contribution in [1.82, 2.24) is 15.3 Å². The molecule has 0 aliphatic rings. The van der Waals surface area contributed by atoms with Crippen molar-refractivity contribution in [1.29, 1.82) is 0 Å². The Morgan fingerprint density at radius 3 is 2.30 bits per heavy atom. The first-order valence-corrected chi connectivity index (χ1v) is 9.03. The second kappa shape index (κ2) is 10.2. The number of unbranched alkanes of at least 4 members (excludes halogenated alkanes) is 2.